The maximum atomic E-state index is 12.4. The molecule has 0 aromatic rings. The fourth-order valence-corrected chi connectivity index (χ4v) is 5.15. The summed E-state index contributed by atoms with van der Waals surface area (Å²) >= 11 is 0. The van der Waals surface area contributed by atoms with E-state index in [4.69, 9.17) is 9.84 Å². The zero-order chi connectivity index (χ0) is 29.5. The highest BCUT2D eigenvalue weighted by Gasteiger charge is 2.25. The third kappa shape index (κ3) is 28.0. The van der Waals surface area contributed by atoms with E-state index >= 15 is 0 Å². The maximum absolute atomic E-state index is 12.4. The van der Waals surface area contributed by atoms with Gasteiger partial charge in [0.05, 0.1) is 13.0 Å². The quantitative estimate of drug-likeness (QED) is 0.0642. The molecule has 0 bridgehead atoms. The van der Waals surface area contributed by atoms with Gasteiger partial charge in [-0.05, 0) is 12.8 Å². The molecule has 40 heavy (non-hydrogen) atoms. The van der Waals surface area contributed by atoms with Crippen LogP contribution in [-0.4, -0.2) is 35.6 Å². The molecule has 0 aliphatic rings. The molecule has 0 fully saturated rings. The summed E-state index contributed by atoms with van der Waals surface area (Å²) in [6, 6.07) is -1.11. The lowest BCUT2D eigenvalue weighted by Gasteiger charge is -2.16. The summed E-state index contributed by atoms with van der Waals surface area (Å²) in [6.45, 7) is 4.77. The van der Waals surface area contributed by atoms with Crippen molar-refractivity contribution in [1.29, 1.82) is 0 Å². The SMILES string of the molecule is CCCCCCCCCCCCCCCC(=O)N[C@@H](CC(=O)O)C(=O)OCCCCCCCCCCCCCC. The van der Waals surface area contributed by atoms with Gasteiger partial charge in [0.1, 0.15) is 6.04 Å². The lowest BCUT2D eigenvalue weighted by atomic mass is 10.0. The monoisotopic (exact) mass is 567 g/mol. The highest BCUT2D eigenvalue weighted by atomic mass is 16.5. The van der Waals surface area contributed by atoms with Crippen LogP contribution in [-0.2, 0) is 19.1 Å². The van der Waals surface area contributed by atoms with Gasteiger partial charge in [-0.25, -0.2) is 4.79 Å². The second kappa shape index (κ2) is 30.4. The van der Waals surface area contributed by atoms with Gasteiger partial charge in [0.2, 0.25) is 5.91 Å². The summed E-state index contributed by atoms with van der Waals surface area (Å²) in [5, 5.41) is 11.8. The van der Waals surface area contributed by atoms with Gasteiger partial charge in [-0.1, -0.05) is 162 Å². The molecule has 1 amide bonds. The zero-order valence-electron chi connectivity index (χ0n) is 26.5. The molecule has 0 saturated heterocycles. The highest BCUT2D eigenvalue weighted by Crippen LogP contribution is 2.14. The Balaban J connectivity index is 3.79. The Labute approximate surface area is 247 Å². The topological polar surface area (TPSA) is 92.7 Å². The summed E-state index contributed by atoms with van der Waals surface area (Å²) < 4.78 is 5.30. The number of aliphatic carboxylic acids is 1. The van der Waals surface area contributed by atoms with Crippen molar-refractivity contribution in [2.75, 3.05) is 6.61 Å². The molecule has 0 saturated carbocycles. The average molecular weight is 568 g/mol. The molecule has 1 atom stereocenters. The first-order valence-electron chi connectivity index (χ1n) is 17.2. The molecule has 0 rings (SSSR count). The smallest absolute Gasteiger partial charge is 0.329 e. The van der Waals surface area contributed by atoms with E-state index in [0.717, 1.165) is 38.5 Å². The number of unbranched alkanes of at least 4 members (excludes halogenated alkanes) is 23. The largest absolute Gasteiger partial charge is 0.481 e. The fourth-order valence-electron chi connectivity index (χ4n) is 5.15. The molecule has 236 valence electrons. The van der Waals surface area contributed by atoms with E-state index in [1.54, 1.807) is 0 Å². The van der Waals surface area contributed by atoms with Crippen molar-refractivity contribution in [2.24, 2.45) is 0 Å². The van der Waals surface area contributed by atoms with Crippen LogP contribution in [0, 0.1) is 0 Å². The molecule has 0 radical (unpaired) electrons. The van der Waals surface area contributed by atoms with Gasteiger partial charge in [0.25, 0.3) is 0 Å². The van der Waals surface area contributed by atoms with Gasteiger partial charge < -0.3 is 15.2 Å². The molecule has 2 N–H and O–H groups in total. The molecule has 0 heterocycles. The van der Waals surface area contributed by atoms with Gasteiger partial charge in [-0.2, -0.15) is 0 Å². The normalized spacial score (nSPS) is 11.8. The number of rotatable bonds is 31. The summed E-state index contributed by atoms with van der Waals surface area (Å²) in [4.78, 5) is 35.9. The number of carbonyl (C=O) groups excluding carboxylic acids is 2. The second-order valence-electron chi connectivity index (χ2n) is 11.8. The molecular weight excluding hydrogens is 502 g/mol. The van der Waals surface area contributed by atoms with Crippen molar-refractivity contribution in [1.82, 2.24) is 5.32 Å². The summed E-state index contributed by atoms with van der Waals surface area (Å²) in [7, 11) is 0. The number of esters is 1. The van der Waals surface area contributed by atoms with Crippen LogP contribution in [0.3, 0.4) is 0 Å². The molecule has 0 aliphatic carbocycles. The van der Waals surface area contributed by atoms with Crippen LogP contribution in [0.1, 0.15) is 187 Å². The molecule has 0 aliphatic heterocycles. The number of carboxylic acid groups (broad SMARTS) is 1. The first-order valence-corrected chi connectivity index (χ1v) is 17.2. The van der Waals surface area contributed by atoms with Gasteiger partial charge in [-0.3, -0.25) is 9.59 Å². The first-order chi connectivity index (χ1) is 19.5. The summed E-state index contributed by atoms with van der Waals surface area (Å²) in [6.07, 6.45) is 30.7. The molecule has 0 spiro atoms. The summed E-state index contributed by atoms with van der Waals surface area (Å²) in [5.41, 5.74) is 0. The van der Waals surface area contributed by atoms with E-state index in [-0.39, 0.29) is 12.5 Å². The minimum absolute atomic E-state index is 0.267. The third-order valence-electron chi connectivity index (χ3n) is 7.75. The van der Waals surface area contributed by atoms with Crippen LogP contribution in [0.2, 0.25) is 0 Å². The number of hydrogen-bond donors (Lipinski definition) is 2. The second-order valence-corrected chi connectivity index (χ2v) is 11.8. The highest BCUT2D eigenvalue weighted by molar-refractivity contribution is 5.87. The van der Waals surface area contributed by atoms with Crippen LogP contribution in [0.25, 0.3) is 0 Å². The van der Waals surface area contributed by atoms with E-state index in [1.807, 2.05) is 0 Å². The van der Waals surface area contributed by atoms with Crippen molar-refractivity contribution in [3.05, 3.63) is 0 Å². The number of hydrogen-bond acceptors (Lipinski definition) is 4. The fraction of sp³-hybridized carbons (Fsp3) is 0.912. The molecule has 6 nitrogen and oxygen atoms in total. The first kappa shape index (κ1) is 38.4. The lowest BCUT2D eigenvalue weighted by molar-refractivity contribution is -0.151. The molecule has 6 heteroatoms. The molecule has 0 aromatic carbocycles. The van der Waals surface area contributed by atoms with E-state index in [2.05, 4.69) is 19.2 Å². The molecule has 0 aromatic heterocycles. The Morgan fingerprint density at radius 1 is 0.550 bits per heavy atom. The lowest BCUT2D eigenvalue weighted by Crippen LogP contribution is -2.43. The number of nitrogens with one attached hydrogen (secondary N) is 1. The van der Waals surface area contributed by atoms with Crippen molar-refractivity contribution in [2.45, 2.75) is 193 Å². The van der Waals surface area contributed by atoms with Crippen LogP contribution < -0.4 is 5.32 Å². The predicted molar refractivity (Wildman–Crippen MR) is 167 cm³/mol. The Morgan fingerprint density at radius 3 is 1.27 bits per heavy atom. The maximum Gasteiger partial charge on any atom is 0.329 e. The number of carbonyl (C=O) groups is 3. The van der Waals surface area contributed by atoms with Crippen molar-refractivity contribution in [3.8, 4) is 0 Å². The summed E-state index contributed by atoms with van der Waals surface area (Å²) in [5.74, 6) is -2.02. The predicted octanol–water partition coefficient (Wildman–Crippen LogP) is 9.67. The van der Waals surface area contributed by atoms with Gasteiger partial charge in [-0.15, -0.1) is 0 Å². The van der Waals surface area contributed by atoms with Crippen molar-refractivity contribution in [3.63, 3.8) is 0 Å². The van der Waals surface area contributed by atoms with Crippen LogP contribution in [0.15, 0.2) is 0 Å². The standard InChI is InChI=1S/C34H65NO5/c1-3-5-7-9-11-13-15-17-18-20-22-24-26-28-32(36)35-31(30-33(37)38)34(39)40-29-27-25-23-21-19-16-14-12-10-8-6-4-2/h31H,3-30H2,1-2H3,(H,35,36)(H,37,38)/t31-/m0/s1. The minimum Gasteiger partial charge on any atom is -0.481 e. The molecule has 0 unspecified atom stereocenters. The average Bonchev–Trinajstić information content (AvgIpc) is 2.93. The van der Waals surface area contributed by atoms with E-state index in [0.29, 0.717) is 6.42 Å². The molecular formula is C34H65NO5. The van der Waals surface area contributed by atoms with E-state index < -0.39 is 24.4 Å². The third-order valence-corrected chi connectivity index (χ3v) is 7.75. The zero-order valence-corrected chi connectivity index (χ0v) is 26.5. The Kier molecular flexibility index (Phi) is 29.2. The minimum atomic E-state index is -1.12. The van der Waals surface area contributed by atoms with E-state index in [1.165, 1.54) is 122 Å². The van der Waals surface area contributed by atoms with Gasteiger partial charge in [0.15, 0.2) is 0 Å². The number of ether oxygens (including phenoxy) is 1. The Bertz CT molecular complexity index is 595. The van der Waals surface area contributed by atoms with Crippen LogP contribution in [0.4, 0.5) is 0 Å². The van der Waals surface area contributed by atoms with Crippen molar-refractivity contribution >= 4 is 17.8 Å². The number of amides is 1. The van der Waals surface area contributed by atoms with Gasteiger partial charge in [0, 0.05) is 6.42 Å². The Morgan fingerprint density at radius 2 is 0.900 bits per heavy atom. The van der Waals surface area contributed by atoms with Crippen LogP contribution >= 0.6 is 0 Å². The number of carboxylic acids is 1. The van der Waals surface area contributed by atoms with Crippen LogP contribution in [0.5, 0.6) is 0 Å². The van der Waals surface area contributed by atoms with E-state index in [9.17, 15) is 14.4 Å². The Hall–Kier alpha value is -1.59. The van der Waals surface area contributed by atoms with Crippen molar-refractivity contribution < 1.29 is 24.2 Å². The van der Waals surface area contributed by atoms with Gasteiger partial charge >= 0.3 is 11.9 Å².